The van der Waals surface area contributed by atoms with Crippen LogP contribution in [0.2, 0.25) is 5.02 Å². The van der Waals surface area contributed by atoms with Gasteiger partial charge in [-0.2, -0.15) is 0 Å². The third-order valence-corrected chi connectivity index (χ3v) is 6.63. The molecule has 0 bridgehead atoms. The smallest absolute Gasteiger partial charge is 0.251 e. The van der Waals surface area contributed by atoms with Gasteiger partial charge < -0.3 is 10.2 Å². The minimum atomic E-state index is -3.24. The predicted molar refractivity (Wildman–Crippen MR) is 133 cm³/mol. The Morgan fingerprint density at radius 1 is 1.03 bits per heavy atom. The Morgan fingerprint density at radius 3 is 2.33 bits per heavy atom. The highest BCUT2D eigenvalue weighted by atomic mass is 35.5. The van der Waals surface area contributed by atoms with E-state index in [9.17, 15) is 13.2 Å². The second kappa shape index (κ2) is 9.41. The zero-order valence-electron chi connectivity index (χ0n) is 18.4. The lowest BCUT2D eigenvalue weighted by molar-refractivity contribution is 0.0947. The Balaban J connectivity index is 1.57. The molecule has 7 heteroatoms. The van der Waals surface area contributed by atoms with Gasteiger partial charge >= 0.3 is 0 Å². The van der Waals surface area contributed by atoms with Gasteiger partial charge in [0.15, 0.2) is 9.84 Å². The predicted octanol–water partition coefficient (Wildman–Crippen LogP) is 5.13. The summed E-state index contributed by atoms with van der Waals surface area (Å²) in [6, 6.07) is 23.2. The van der Waals surface area contributed by atoms with Crippen molar-refractivity contribution in [3.05, 3.63) is 112 Å². The van der Waals surface area contributed by atoms with E-state index >= 15 is 0 Å². The number of sulfone groups is 1. The Hall–Kier alpha value is -3.09. The molecule has 0 fully saturated rings. The number of nitrogens with one attached hydrogen (secondary N) is 1. The van der Waals surface area contributed by atoms with Crippen LogP contribution in [0, 0.1) is 0 Å². The molecule has 4 rings (SSSR count). The van der Waals surface area contributed by atoms with Crippen molar-refractivity contribution >= 4 is 33.0 Å². The Morgan fingerprint density at radius 2 is 1.67 bits per heavy atom. The fourth-order valence-electron chi connectivity index (χ4n) is 4.06. The third-order valence-electron chi connectivity index (χ3n) is 5.64. The number of fused-ring (bicyclic) bond motifs is 1. The number of carbonyl (C=O) groups excluding carboxylic acids is 1. The highest BCUT2D eigenvalue weighted by Crippen LogP contribution is 2.43. The number of anilines is 1. The van der Waals surface area contributed by atoms with E-state index in [1.807, 2.05) is 42.5 Å². The molecule has 0 spiro atoms. The van der Waals surface area contributed by atoms with Crippen molar-refractivity contribution in [2.45, 2.75) is 25.6 Å². The second-order valence-electron chi connectivity index (χ2n) is 8.22. The maximum absolute atomic E-state index is 12.6. The molecule has 0 saturated heterocycles. The lowest BCUT2D eigenvalue weighted by Crippen LogP contribution is -2.31. The summed E-state index contributed by atoms with van der Waals surface area (Å²) in [6.45, 7) is 2.47. The Bertz CT molecular complexity index is 1300. The summed E-state index contributed by atoms with van der Waals surface area (Å²) < 4.78 is 22.5. The van der Waals surface area contributed by atoms with Gasteiger partial charge in [-0.3, -0.25) is 4.79 Å². The summed E-state index contributed by atoms with van der Waals surface area (Å²) in [5, 5.41) is 4.61. The van der Waals surface area contributed by atoms with Crippen LogP contribution in [0.5, 0.6) is 0 Å². The molecular weight excluding hydrogens is 456 g/mol. The van der Waals surface area contributed by atoms with Crippen molar-refractivity contribution in [3.63, 3.8) is 0 Å². The first-order valence-electron chi connectivity index (χ1n) is 10.6. The highest BCUT2D eigenvalue weighted by Gasteiger charge is 2.32. The lowest BCUT2D eigenvalue weighted by atomic mass is 9.97. The van der Waals surface area contributed by atoms with Gasteiger partial charge in [-0.1, -0.05) is 60.1 Å². The van der Waals surface area contributed by atoms with Crippen molar-refractivity contribution in [1.82, 2.24) is 5.32 Å². The molecule has 1 N–H and O–H groups in total. The van der Waals surface area contributed by atoms with Gasteiger partial charge in [-0.05, 0) is 53.9 Å². The van der Waals surface area contributed by atoms with Crippen LogP contribution in [0.25, 0.3) is 0 Å². The molecular formula is C26H25ClN2O3S. The van der Waals surface area contributed by atoms with Gasteiger partial charge in [0, 0.05) is 40.5 Å². The lowest BCUT2D eigenvalue weighted by Gasteiger charge is -2.28. The topological polar surface area (TPSA) is 66.5 Å². The molecule has 5 nitrogen and oxygen atoms in total. The average molecular weight is 481 g/mol. The second-order valence-corrected chi connectivity index (χ2v) is 10.6. The summed E-state index contributed by atoms with van der Waals surface area (Å²) in [5.41, 5.74) is 4.99. The van der Waals surface area contributed by atoms with E-state index in [2.05, 4.69) is 28.4 Å². The van der Waals surface area contributed by atoms with Gasteiger partial charge in [-0.15, -0.1) is 0 Å². The van der Waals surface area contributed by atoms with Crippen molar-refractivity contribution in [3.8, 4) is 0 Å². The molecule has 3 aromatic rings. The van der Waals surface area contributed by atoms with Gasteiger partial charge in [0.1, 0.15) is 0 Å². The maximum atomic E-state index is 12.6. The zero-order valence-corrected chi connectivity index (χ0v) is 20.0. The molecule has 170 valence electrons. The average Bonchev–Trinajstić information content (AvgIpc) is 3.17. The monoisotopic (exact) mass is 480 g/mol. The minimum Gasteiger partial charge on any atom is -0.356 e. The van der Waals surface area contributed by atoms with Crippen LogP contribution < -0.4 is 10.2 Å². The first-order valence-corrected chi connectivity index (χ1v) is 12.9. The summed E-state index contributed by atoms with van der Waals surface area (Å²) >= 11 is 6.57. The number of hydrogen-bond acceptors (Lipinski definition) is 4. The number of hydrogen-bond donors (Lipinski definition) is 1. The Labute approximate surface area is 199 Å². The normalized spacial score (nSPS) is 16.6. The third kappa shape index (κ3) is 5.29. The summed E-state index contributed by atoms with van der Waals surface area (Å²) in [6.07, 6.45) is 2.57. The van der Waals surface area contributed by atoms with Gasteiger partial charge in [-0.25, -0.2) is 8.42 Å². The van der Waals surface area contributed by atoms with Crippen LogP contribution in [-0.4, -0.2) is 26.6 Å². The molecule has 1 aliphatic rings. The summed E-state index contributed by atoms with van der Waals surface area (Å²) in [5.74, 6) is -0.264. The van der Waals surface area contributed by atoms with E-state index in [0.29, 0.717) is 5.56 Å². The fraction of sp³-hybridized carbons (Fsp3) is 0.192. The number of nitrogens with zero attached hydrogens (tertiary/aromatic N) is 1. The molecule has 0 aromatic heterocycles. The maximum Gasteiger partial charge on any atom is 0.251 e. The van der Waals surface area contributed by atoms with E-state index in [1.54, 1.807) is 19.1 Å². The van der Waals surface area contributed by atoms with Crippen molar-refractivity contribution < 1.29 is 13.2 Å². The number of halogens is 1. The van der Waals surface area contributed by atoms with E-state index in [-0.39, 0.29) is 11.9 Å². The van der Waals surface area contributed by atoms with Crippen molar-refractivity contribution in [1.29, 1.82) is 0 Å². The molecule has 3 aromatic carbocycles. The zero-order chi connectivity index (χ0) is 23.6. The molecule has 1 unspecified atom stereocenters. The minimum absolute atomic E-state index is 0.0178. The van der Waals surface area contributed by atoms with Crippen LogP contribution in [0.15, 0.2) is 84.3 Å². The van der Waals surface area contributed by atoms with Gasteiger partial charge in [0.2, 0.25) is 0 Å². The first-order chi connectivity index (χ1) is 15.7. The molecule has 1 aliphatic heterocycles. The van der Waals surface area contributed by atoms with E-state index < -0.39 is 15.9 Å². The number of amides is 1. The largest absolute Gasteiger partial charge is 0.356 e. The van der Waals surface area contributed by atoms with E-state index in [4.69, 9.17) is 11.6 Å². The highest BCUT2D eigenvalue weighted by molar-refractivity contribution is 7.93. The summed E-state index contributed by atoms with van der Waals surface area (Å²) in [4.78, 5) is 14.9. The molecule has 0 radical (unpaired) electrons. The van der Waals surface area contributed by atoms with Crippen LogP contribution >= 0.6 is 11.6 Å². The van der Waals surface area contributed by atoms with E-state index in [0.717, 1.165) is 34.5 Å². The Kier molecular flexibility index (Phi) is 6.58. The fourth-order valence-corrected chi connectivity index (χ4v) is 4.82. The van der Waals surface area contributed by atoms with E-state index in [1.165, 1.54) is 17.2 Å². The molecule has 2 atom stereocenters. The van der Waals surface area contributed by atoms with Crippen LogP contribution in [-0.2, 0) is 16.4 Å². The SMILES string of the molecule is C[C@H](/C=C/S(C)(=O)=O)NC(=O)c1ccc(N2Cc3ccccc3C2c2ccccc2Cl)cc1. The van der Waals surface area contributed by atoms with Crippen LogP contribution in [0.4, 0.5) is 5.69 Å². The van der Waals surface area contributed by atoms with Crippen LogP contribution in [0.3, 0.4) is 0 Å². The van der Waals surface area contributed by atoms with Crippen LogP contribution in [0.1, 0.15) is 40.0 Å². The standard InChI is InChI=1S/C26H25ClN2O3S/c1-18(15-16-33(2,31)32)28-26(30)19-11-13-21(14-12-19)29-17-20-7-3-4-8-22(20)25(29)23-9-5-6-10-24(23)27/h3-16,18,25H,17H2,1-2H3,(H,28,30)/b16-15+/t18-,25?/m1/s1. The van der Waals surface area contributed by atoms with Gasteiger partial charge in [0.25, 0.3) is 5.91 Å². The number of benzene rings is 3. The van der Waals surface area contributed by atoms with Crippen molar-refractivity contribution in [2.24, 2.45) is 0 Å². The quantitative estimate of drug-likeness (QED) is 0.531. The molecule has 0 aliphatic carbocycles. The molecule has 0 saturated carbocycles. The van der Waals surface area contributed by atoms with Gasteiger partial charge in [0.05, 0.1) is 6.04 Å². The molecule has 1 amide bonds. The first kappa shape index (κ1) is 23.1. The molecule has 1 heterocycles. The van der Waals surface area contributed by atoms with Crippen molar-refractivity contribution in [2.75, 3.05) is 11.2 Å². The number of rotatable bonds is 6. The number of carbonyl (C=O) groups is 1. The summed E-state index contributed by atoms with van der Waals surface area (Å²) in [7, 11) is -3.24. The molecule has 33 heavy (non-hydrogen) atoms.